The zero-order chi connectivity index (χ0) is 15.6. The van der Waals surface area contributed by atoms with Crippen molar-refractivity contribution in [1.82, 2.24) is 15.1 Å². The first-order valence-electron chi connectivity index (χ1n) is 6.63. The van der Waals surface area contributed by atoms with Crippen LogP contribution in [0.5, 0.6) is 5.75 Å². The summed E-state index contributed by atoms with van der Waals surface area (Å²) in [5, 5.41) is 12.8. The van der Waals surface area contributed by atoms with E-state index in [2.05, 4.69) is 5.32 Å². The molecule has 114 valence electrons. The molecular formula is C14H18FN3O3. The first-order chi connectivity index (χ1) is 9.91. The summed E-state index contributed by atoms with van der Waals surface area (Å²) < 4.78 is 13.3. The number of nitrogens with zero attached hydrogens (tertiary/aromatic N) is 2. The Morgan fingerprint density at radius 3 is 2.81 bits per heavy atom. The molecule has 1 heterocycles. The Morgan fingerprint density at radius 1 is 1.43 bits per heavy atom. The maximum atomic E-state index is 13.3. The molecule has 0 spiro atoms. The molecule has 21 heavy (non-hydrogen) atoms. The molecule has 1 fully saturated rings. The fraction of sp³-hybridized carbons (Fsp3) is 0.429. The highest BCUT2D eigenvalue weighted by molar-refractivity contribution is 5.99. The number of aromatic hydroxyl groups is 1. The predicted molar refractivity (Wildman–Crippen MR) is 74.5 cm³/mol. The number of benzene rings is 1. The molecule has 0 saturated carbocycles. The van der Waals surface area contributed by atoms with E-state index in [1.165, 1.54) is 9.80 Å². The van der Waals surface area contributed by atoms with Gasteiger partial charge in [-0.25, -0.2) is 4.39 Å². The van der Waals surface area contributed by atoms with Crippen LogP contribution in [0.2, 0.25) is 0 Å². The number of halogens is 1. The van der Waals surface area contributed by atoms with Crippen LogP contribution < -0.4 is 5.32 Å². The number of hydrogen-bond donors (Lipinski definition) is 2. The van der Waals surface area contributed by atoms with Gasteiger partial charge < -0.3 is 20.2 Å². The van der Waals surface area contributed by atoms with Gasteiger partial charge in [0.1, 0.15) is 17.6 Å². The number of hydrogen-bond acceptors (Lipinski definition) is 4. The first-order valence-corrected chi connectivity index (χ1v) is 6.63. The van der Waals surface area contributed by atoms with E-state index in [9.17, 15) is 19.1 Å². The minimum absolute atomic E-state index is 0.131. The van der Waals surface area contributed by atoms with Gasteiger partial charge in [-0.05, 0) is 18.2 Å². The minimum Gasteiger partial charge on any atom is -0.507 e. The maximum Gasteiger partial charge on any atom is 0.258 e. The minimum atomic E-state index is -0.663. The third kappa shape index (κ3) is 3.13. The Kier molecular flexibility index (Phi) is 4.42. The highest BCUT2D eigenvalue weighted by atomic mass is 19.1. The van der Waals surface area contributed by atoms with Crippen molar-refractivity contribution >= 4 is 11.8 Å². The van der Waals surface area contributed by atoms with Gasteiger partial charge in [0, 0.05) is 33.7 Å². The second kappa shape index (κ2) is 6.09. The summed E-state index contributed by atoms with van der Waals surface area (Å²) in [6, 6.07) is 2.53. The van der Waals surface area contributed by atoms with Crippen molar-refractivity contribution in [3.8, 4) is 5.75 Å². The smallest absolute Gasteiger partial charge is 0.258 e. The van der Waals surface area contributed by atoms with E-state index in [4.69, 9.17) is 0 Å². The van der Waals surface area contributed by atoms with Gasteiger partial charge in [0.15, 0.2) is 0 Å². The predicted octanol–water partition coefficient (Wildman–Crippen LogP) is 0.0335. The molecular weight excluding hydrogens is 277 g/mol. The summed E-state index contributed by atoms with van der Waals surface area (Å²) in [5.74, 6) is -1.67. The number of likely N-dealkylation sites (N-methyl/N-ethyl adjacent to an activating group) is 1. The van der Waals surface area contributed by atoms with Crippen molar-refractivity contribution in [3.63, 3.8) is 0 Å². The molecule has 1 aliphatic rings. The van der Waals surface area contributed by atoms with Crippen molar-refractivity contribution < 1.29 is 19.1 Å². The van der Waals surface area contributed by atoms with Crippen LogP contribution in [0, 0.1) is 5.82 Å². The monoisotopic (exact) mass is 295 g/mol. The highest BCUT2D eigenvalue weighted by Crippen LogP contribution is 2.21. The van der Waals surface area contributed by atoms with Gasteiger partial charge in [0.2, 0.25) is 5.91 Å². The van der Waals surface area contributed by atoms with Crippen molar-refractivity contribution in [2.45, 2.75) is 6.04 Å². The molecule has 1 aromatic carbocycles. The normalized spacial score (nSPS) is 18.4. The molecule has 7 heteroatoms. The van der Waals surface area contributed by atoms with E-state index in [1.54, 1.807) is 14.1 Å². The number of carbonyl (C=O) groups is 2. The molecule has 0 radical (unpaired) electrons. The van der Waals surface area contributed by atoms with Crippen LogP contribution in [-0.2, 0) is 4.79 Å². The lowest BCUT2D eigenvalue weighted by Gasteiger charge is -2.36. The van der Waals surface area contributed by atoms with Crippen molar-refractivity contribution in [1.29, 1.82) is 0 Å². The second-order valence-corrected chi connectivity index (χ2v) is 5.11. The summed E-state index contributed by atoms with van der Waals surface area (Å²) in [6.07, 6.45) is 0. The summed E-state index contributed by atoms with van der Waals surface area (Å²) >= 11 is 0. The van der Waals surface area contributed by atoms with E-state index in [0.717, 1.165) is 18.2 Å². The van der Waals surface area contributed by atoms with Crippen LogP contribution in [0.1, 0.15) is 10.4 Å². The Morgan fingerprint density at radius 2 is 2.14 bits per heavy atom. The molecule has 1 atom stereocenters. The second-order valence-electron chi connectivity index (χ2n) is 5.11. The van der Waals surface area contributed by atoms with E-state index in [1.807, 2.05) is 0 Å². The third-order valence-electron chi connectivity index (χ3n) is 3.42. The largest absolute Gasteiger partial charge is 0.507 e. The number of amides is 2. The Labute approximate surface area is 122 Å². The van der Waals surface area contributed by atoms with Crippen LogP contribution in [0.25, 0.3) is 0 Å². The quantitative estimate of drug-likeness (QED) is 0.807. The van der Waals surface area contributed by atoms with Crippen LogP contribution in [-0.4, -0.2) is 66.5 Å². The Bertz CT molecular complexity index is 562. The van der Waals surface area contributed by atoms with Gasteiger partial charge in [0.25, 0.3) is 5.91 Å². The lowest BCUT2D eigenvalue weighted by atomic mass is 10.1. The average molecular weight is 295 g/mol. The van der Waals surface area contributed by atoms with Crippen molar-refractivity contribution in [2.75, 3.05) is 33.7 Å². The van der Waals surface area contributed by atoms with Gasteiger partial charge in [-0.15, -0.1) is 0 Å². The van der Waals surface area contributed by atoms with Gasteiger partial charge in [-0.2, -0.15) is 0 Å². The third-order valence-corrected chi connectivity index (χ3v) is 3.42. The summed E-state index contributed by atoms with van der Waals surface area (Å²) in [4.78, 5) is 27.4. The Balaban J connectivity index is 2.30. The van der Waals surface area contributed by atoms with Gasteiger partial charge in [-0.1, -0.05) is 0 Å². The summed E-state index contributed by atoms with van der Waals surface area (Å²) in [5.41, 5.74) is -0.131. The van der Waals surface area contributed by atoms with Crippen LogP contribution >= 0.6 is 0 Å². The lowest BCUT2D eigenvalue weighted by molar-refractivity contribution is -0.134. The number of phenols is 1. The van der Waals surface area contributed by atoms with E-state index >= 15 is 0 Å². The van der Waals surface area contributed by atoms with E-state index < -0.39 is 17.8 Å². The molecule has 0 bridgehead atoms. The van der Waals surface area contributed by atoms with Gasteiger partial charge in [-0.3, -0.25) is 9.59 Å². The highest BCUT2D eigenvalue weighted by Gasteiger charge is 2.34. The van der Waals surface area contributed by atoms with Crippen molar-refractivity contribution in [3.05, 3.63) is 29.6 Å². The molecule has 1 aliphatic heterocycles. The standard InChI is InChI=1S/C14H18FN3O3/c1-17(2)14(21)11-8-16-5-6-18(11)13(20)10-7-9(15)3-4-12(10)19/h3-4,7,11,16,19H,5-6,8H2,1-2H3. The van der Waals surface area contributed by atoms with E-state index in [0.29, 0.717) is 19.6 Å². The number of nitrogens with one attached hydrogen (secondary N) is 1. The molecule has 1 saturated heterocycles. The molecule has 1 unspecified atom stereocenters. The summed E-state index contributed by atoms with van der Waals surface area (Å²) in [7, 11) is 3.22. The molecule has 2 N–H and O–H groups in total. The molecule has 0 aliphatic carbocycles. The lowest BCUT2D eigenvalue weighted by Crippen LogP contribution is -2.59. The van der Waals surface area contributed by atoms with Crippen LogP contribution in [0.4, 0.5) is 4.39 Å². The summed E-state index contributed by atoms with van der Waals surface area (Å²) in [6.45, 7) is 1.19. The SMILES string of the molecule is CN(C)C(=O)C1CNCCN1C(=O)c1cc(F)ccc1O. The molecule has 1 aromatic rings. The fourth-order valence-corrected chi connectivity index (χ4v) is 2.30. The zero-order valence-corrected chi connectivity index (χ0v) is 12.0. The number of rotatable bonds is 2. The molecule has 2 amide bonds. The molecule has 0 aromatic heterocycles. The fourth-order valence-electron chi connectivity index (χ4n) is 2.30. The van der Waals surface area contributed by atoms with Crippen LogP contribution in [0.15, 0.2) is 18.2 Å². The van der Waals surface area contributed by atoms with Gasteiger partial charge >= 0.3 is 0 Å². The Hall–Kier alpha value is -2.15. The zero-order valence-electron chi connectivity index (χ0n) is 12.0. The van der Waals surface area contributed by atoms with Crippen molar-refractivity contribution in [2.24, 2.45) is 0 Å². The van der Waals surface area contributed by atoms with E-state index in [-0.39, 0.29) is 17.2 Å². The van der Waals surface area contributed by atoms with Gasteiger partial charge in [0.05, 0.1) is 5.56 Å². The van der Waals surface area contributed by atoms with Crippen LogP contribution in [0.3, 0.4) is 0 Å². The maximum absolute atomic E-state index is 13.3. The first kappa shape index (κ1) is 15.2. The number of phenolic OH excluding ortho intramolecular Hbond substituents is 1. The molecule has 2 rings (SSSR count). The topological polar surface area (TPSA) is 72.9 Å². The number of piperazine rings is 1. The average Bonchev–Trinajstić information content (AvgIpc) is 2.48. The number of carbonyl (C=O) groups excluding carboxylic acids is 2. The molecule has 6 nitrogen and oxygen atoms in total.